The third-order valence-corrected chi connectivity index (χ3v) is 5.00. The third kappa shape index (κ3) is 8.81. The molecule has 2 aromatic carbocycles. The first kappa shape index (κ1) is 27.3. The van der Waals surface area contributed by atoms with E-state index in [0.717, 1.165) is 30.3 Å². The van der Waals surface area contributed by atoms with Gasteiger partial charge < -0.3 is 15.4 Å². The summed E-state index contributed by atoms with van der Waals surface area (Å²) in [5, 5.41) is 14.7. The molecule has 0 radical (unpaired) electrons. The highest BCUT2D eigenvalue weighted by molar-refractivity contribution is 7.99. The maximum atomic E-state index is 12.9. The Bertz CT molecular complexity index is 914. The second-order valence-corrected chi connectivity index (χ2v) is 7.80. The average molecular weight is 468 g/mol. The number of hydrogen-bond donors (Lipinski definition) is 2. The monoisotopic (exact) mass is 467 g/mol. The molecule has 1 atom stereocenters. The Balaban J connectivity index is 0.00000161. The van der Waals surface area contributed by atoms with Gasteiger partial charge in [0.05, 0.1) is 11.1 Å². The van der Waals surface area contributed by atoms with Gasteiger partial charge >= 0.3 is 6.18 Å². The second-order valence-electron chi connectivity index (χ2n) is 6.69. The lowest BCUT2D eigenvalue weighted by Gasteiger charge is -2.18. The lowest BCUT2D eigenvalue weighted by molar-refractivity contribution is -0.137. The van der Waals surface area contributed by atoms with Gasteiger partial charge in [0.15, 0.2) is 6.10 Å². The SMILES string of the molecule is CCCC(Oc1cccc(Sc2ccc(C(F)(F)F)cc2C#N)c1)C(=O)NCC.CNC. The Morgan fingerprint density at radius 3 is 2.44 bits per heavy atom. The fourth-order valence-electron chi connectivity index (χ4n) is 2.58. The minimum absolute atomic E-state index is 0.0534. The third-order valence-electron chi connectivity index (χ3n) is 3.93. The van der Waals surface area contributed by atoms with E-state index in [4.69, 9.17) is 4.74 Å². The van der Waals surface area contributed by atoms with Crippen molar-refractivity contribution in [1.29, 1.82) is 5.26 Å². The minimum atomic E-state index is -4.50. The van der Waals surface area contributed by atoms with Crippen molar-refractivity contribution < 1.29 is 22.7 Å². The first-order valence-corrected chi connectivity index (χ1v) is 10.9. The van der Waals surface area contributed by atoms with Crippen LogP contribution in [0.3, 0.4) is 0 Å². The van der Waals surface area contributed by atoms with E-state index in [1.165, 1.54) is 6.07 Å². The molecule has 0 spiro atoms. The van der Waals surface area contributed by atoms with Gasteiger partial charge in [-0.15, -0.1) is 0 Å². The predicted octanol–water partition coefficient (Wildman–Crippen LogP) is 5.25. The summed E-state index contributed by atoms with van der Waals surface area (Å²) >= 11 is 1.16. The average Bonchev–Trinajstić information content (AvgIpc) is 2.74. The largest absolute Gasteiger partial charge is 0.481 e. The fraction of sp³-hybridized carbons (Fsp3) is 0.391. The van der Waals surface area contributed by atoms with Gasteiger partial charge in [-0.2, -0.15) is 18.4 Å². The molecule has 2 aromatic rings. The van der Waals surface area contributed by atoms with Crippen molar-refractivity contribution in [2.24, 2.45) is 0 Å². The smallest absolute Gasteiger partial charge is 0.416 e. The minimum Gasteiger partial charge on any atom is -0.481 e. The highest BCUT2D eigenvalue weighted by Gasteiger charge is 2.31. The van der Waals surface area contributed by atoms with Gasteiger partial charge in [0, 0.05) is 16.3 Å². The van der Waals surface area contributed by atoms with Crippen LogP contribution in [0.1, 0.15) is 37.8 Å². The number of nitrogens with zero attached hydrogens (tertiary/aromatic N) is 1. The second kappa shape index (κ2) is 13.7. The molecule has 0 fully saturated rings. The van der Waals surface area contributed by atoms with Crippen LogP contribution in [0, 0.1) is 11.3 Å². The van der Waals surface area contributed by atoms with Crippen molar-refractivity contribution in [3.63, 3.8) is 0 Å². The lowest BCUT2D eigenvalue weighted by Crippen LogP contribution is -2.38. The van der Waals surface area contributed by atoms with E-state index >= 15 is 0 Å². The number of nitriles is 1. The summed E-state index contributed by atoms with van der Waals surface area (Å²) in [7, 11) is 3.75. The van der Waals surface area contributed by atoms with Crippen LogP contribution in [0.5, 0.6) is 5.75 Å². The number of hydrogen-bond acceptors (Lipinski definition) is 5. The van der Waals surface area contributed by atoms with Crippen molar-refractivity contribution in [1.82, 2.24) is 10.6 Å². The summed E-state index contributed by atoms with van der Waals surface area (Å²) in [4.78, 5) is 13.2. The van der Waals surface area contributed by atoms with Gasteiger partial charge in [0.1, 0.15) is 11.8 Å². The van der Waals surface area contributed by atoms with Crippen LogP contribution in [0.25, 0.3) is 0 Å². The van der Waals surface area contributed by atoms with Crippen LogP contribution in [0.2, 0.25) is 0 Å². The summed E-state index contributed by atoms with van der Waals surface area (Å²) in [5.41, 5.74) is -0.915. The summed E-state index contributed by atoms with van der Waals surface area (Å²) in [6.07, 6.45) is -3.80. The van der Waals surface area contributed by atoms with E-state index in [-0.39, 0.29) is 11.5 Å². The Kier molecular flexibility index (Phi) is 11.7. The highest BCUT2D eigenvalue weighted by Crippen LogP contribution is 2.36. The van der Waals surface area contributed by atoms with Gasteiger partial charge in [-0.3, -0.25) is 4.79 Å². The number of ether oxygens (including phenoxy) is 1. The zero-order valence-corrected chi connectivity index (χ0v) is 19.4. The van der Waals surface area contributed by atoms with Crippen LogP contribution in [-0.2, 0) is 11.0 Å². The Hall–Kier alpha value is -2.70. The molecule has 0 aliphatic carbocycles. The van der Waals surface area contributed by atoms with Crippen LogP contribution >= 0.6 is 11.8 Å². The molecule has 0 aliphatic rings. The molecule has 32 heavy (non-hydrogen) atoms. The molecule has 1 unspecified atom stereocenters. The molecular weight excluding hydrogens is 439 g/mol. The summed E-state index contributed by atoms with van der Waals surface area (Å²) < 4.78 is 44.4. The molecule has 2 rings (SSSR count). The normalized spacial score (nSPS) is 11.6. The molecule has 0 saturated heterocycles. The predicted molar refractivity (Wildman–Crippen MR) is 120 cm³/mol. The number of benzene rings is 2. The summed E-state index contributed by atoms with van der Waals surface area (Å²) in [6, 6.07) is 11.8. The van der Waals surface area contributed by atoms with Gasteiger partial charge in [0.25, 0.3) is 5.91 Å². The van der Waals surface area contributed by atoms with Crippen molar-refractivity contribution >= 4 is 17.7 Å². The van der Waals surface area contributed by atoms with E-state index in [9.17, 15) is 23.2 Å². The molecule has 0 bridgehead atoms. The first-order valence-electron chi connectivity index (χ1n) is 10.1. The fourth-order valence-corrected chi connectivity index (χ4v) is 3.50. The zero-order valence-electron chi connectivity index (χ0n) is 18.5. The first-order chi connectivity index (χ1) is 15.2. The molecule has 1 amide bonds. The number of amides is 1. The zero-order chi connectivity index (χ0) is 24.1. The van der Waals surface area contributed by atoms with Crippen molar-refractivity contribution in [2.45, 2.75) is 48.8 Å². The molecule has 0 saturated carbocycles. The number of carbonyl (C=O) groups is 1. The molecule has 2 N–H and O–H groups in total. The molecule has 0 aliphatic heterocycles. The van der Waals surface area contributed by atoms with E-state index < -0.39 is 17.8 Å². The van der Waals surface area contributed by atoms with Crippen LogP contribution < -0.4 is 15.4 Å². The number of likely N-dealkylation sites (N-methyl/N-ethyl adjacent to an activating group) is 1. The van der Waals surface area contributed by atoms with Crippen LogP contribution in [0.15, 0.2) is 52.3 Å². The number of alkyl halides is 3. The molecule has 174 valence electrons. The van der Waals surface area contributed by atoms with Gasteiger partial charge in [0.2, 0.25) is 0 Å². The molecular formula is C23H28F3N3O2S. The molecule has 9 heteroatoms. The number of halogens is 3. The number of carbonyl (C=O) groups excluding carboxylic acids is 1. The summed E-state index contributed by atoms with van der Waals surface area (Å²) in [6.45, 7) is 4.29. The standard InChI is InChI=1S/C21H21F3N2O2S.C2H7N/c1-3-6-18(20(27)26-4-2)28-16-7-5-8-17(12-16)29-19-10-9-15(21(22,23)24)11-14(19)13-25;1-3-2/h5,7-12,18H,3-4,6H2,1-2H3,(H,26,27);3H,1-2H3. The lowest BCUT2D eigenvalue weighted by atomic mass is 10.1. The summed E-state index contributed by atoms with van der Waals surface area (Å²) in [5.74, 6) is 0.284. The Morgan fingerprint density at radius 2 is 1.88 bits per heavy atom. The van der Waals surface area contributed by atoms with Crippen molar-refractivity contribution in [3.05, 3.63) is 53.6 Å². The highest BCUT2D eigenvalue weighted by atomic mass is 32.2. The Labute approximate surface area is 191 Å². The van der Waals surface area contributed by atoms with Crippen molar-refractivity contribution in [3.8, 4) is 11.8 Å². The number of rotatable bonds is 8. The van der Waals surface area contributed by atoms with Gasteiger partial charge in [-0.1, -0.05) is 31.2 Å². The van der Waals surface area contributed by atoms with E-state index in [2.05, 4.69) is 10.6 Å². The van der Waals surface area contributed by atoms with Crippen LogP contribution in [-0.4, -0.2) is 32.7 Å². The van der Waals surface area contributed by atoms with E-state index in [1.807, 2.05) is 34.0 Å². The van der Waals surface area contributed by atoms with E-state index in [0.29, 0.717) is 28.5 Å². The topological polar surface area (TPSA) is 74.1 Å². The molecule has 5 nitrogen and oxygen atoms in total. The maximum absolute atomic E-state index is 12.9. The molecule has 0 aromatic heterocycles. The number of nitrogens with one attached hydrogen (secondary N) is 2. The van der Waals surface area contributed by atoms with Crippen LogP contribution in [0.4, 0.5) is 13.2 Å². The van der Waals surface area contributed by atoms with Crippen molar-refractivity contribution in [2.75, 3.05) is 20.6 Å². The Morgan fingerprint density at radius 1 is 1.19 bits per heavy atom. The van der Waals surface area contributed by atoms with Gasteiger partial charge in [-0.05, 0) is 63.8 Å². The maximum Gasteiger partial charge on any atom is 0.416 e. The van der Waals surface area contributed by atoms with Gasteiger partial charge in [-0.25, -0.2) is 0 Å². The molecule has 0 heterocycles. The van der Waals surface area contributed by atoms with E-state index in [1.54, 1.807) is 24.3 Å². The quantitative estimate of drug-likeness (QED) is 0.555.